The summed E-state index contributed by atoms with van der Waals surface area (Å²) in [7, 11) is 0. The second kappa shape index (κ2) is 4.04. The topological polar surface area (TPSA) is 61.0 Å². The van der Waals surface area contributed by atoms with Gasteiger partial charge in [0.25, 0.3) is 0 Å². The van der Waals surface area contributed by atoms with Crippen molar-refractivity contribution in [2.75, 3.05) is 18.6 Å². The van der Waals surface area contributed by atoms with E-state index in [1.165, 1.54) is 24.6 Å². The van der Waals surface area contributed by atoms with Crippen LogP contribution in [0.3, 0.4) is 0 Å². The molecule has 0 unspecified atom stereocenters. The third-order valence-corrected chi connectivity index (χ3v) is 2.60. The van der Waals surface area contributed by atoms with E-state index < -0.39 is 0 Å². The molecule has 5 heteroatoms. The molecule has 1 aliphatic rings. The van der Waals surface area contributed by atoms with Crippen molar-refractivity contribution >= 4 is 17.6 Å². The van der Waals surface area contributed by atoms with Crippen molar-refractivity contribution in [3.63, 3.8) is 0 Å². The van der Waals surface area contributed by atoms with Crippen molar-refractivity contribution in [2.45, 2.75) is 18.0 Å². The van der Waals surface area contributed by atoms with Crippen LogP contribution in [-0.2, 0) is 0 Å². The van der Waals surface area contributed by atoms with E-state index >= 15 is 0 Å². The number of hydrogen-bond acceptors (Lipinski definition) is 5. The smallest absolute Gasteiger partial charge is 0.219 e. The molecule has 1 aromatic heterocycles. The highest BCUT2D eigenvalue weighted by Gasteiger charge is 2.22. The van der Waals surface area contributed by atoms with Crippen molar-refractivity contribution in [1.29, 1.82) is 0 Å². The van der Waals surface area contributed by atoms with Crippen molar-refractivity contribution < 1.29 is 4.74 Å². The summed E-state index contributed by atoms with van der Waals surface area (Å²) in [6.45, 7) is 0.754. The zero-order valence-corrected chi connectivity index (χ0v) is 8.88. The SMILES string of the molecule is CSc1nc(N)cc(OCC2CC2)n1. The molecule has 1 aliphatic carbocycles. The second-order valence-corrected chi connectivity index (χ2v) is 4.15. The molecular weight excluding hydrogens is 198 g/mol. The van der Waals surface area contributed by atoms with Crippen LogP contribution in [0.4, 0.5) is 5.82 Å². The first-order chi connectivity index (χ1) is 6.78. The minimum absolute atomic E-state index is 0.468. The van der Waals surface area contributed by atoms with Gasteiger partial charge in [0.1, 0.15) is 5.82 Å². The second-order valence-electron chi connectivity index (χ2n) is 3.37. The molecule has 0 spiro atoms. The van der Waals surface area contributed by atoms with Crippen LogP contribution >= 0.6 is 11.8 Å². The summed E-state index contributed by atoms with van der Waals surface area (Å²) in [5, 5.41) is 0.663. The van der Waals surface area contributed by atoms with Gasteiger partial charge < -0.3 is 10.5 Å². The molecule has 14 heavy (non-hydrogen) atoms. The molecular formula is C9H13N3OS. The number of nitrogens with two attached hydrogens (primary N) is 1. The third kappa shape index (κ3) is 2.51. The van der Waals surface area contributed by atoms with Crippen LogP contribution in [0.15, 0.2) is 11.2 Å². The van der Waals surface area contributed by atoms with Crippen molar-refractivity contribution in [3.8, 4) is 5.88 Å². The van der Waals surface area contributed by atoms with Crippen molar-refractivity contribution in [1.82, 2.24) is 9.97 Å². The van der Waals surface area contributed by atoms with Gasteiger partial charge in [-0.1, -0.05) is 11.8 Å². The van der Waals surface area contributed by atoms with Gasteiger partial charge in [-0.15, -0.1) is 0 Å². The zero-order valence-electron chi connectivity index (χ0n) is 8.06. The molecule has 4 nitrogen and oxygen atoms in total. The average Bonchev–Trinajstić information content (AvgIpc) is 2.97. The highest BCUT2D eigenvalue weighted by molar-refractivity contribution is 7.98. The summed E-state index contributed by atoms with van der Waals surface area (Å²) in [4.78, 5) is 8.25. The van der Waals surface area contributed by atoms with Crippen LogP contribution in [0, 0.1) is 5.92 Å². The summed E-state index contributed by atoms with van der Waals surface area (Å²) in [5.41, 5.74) is 5.61. The van der Waals surface area contributed by atoms with Gasteiger partial charge in [-0.05, 0) is 25.0 Å². The first kappa shape index (κ1) is 9.58. The molecule has 0 bridgehead atoms. The van der Waals surface area contributed by atoms with Crippen LogP contribution in [0.25, 0.3) is 0 Å². The first-order valence-electron chi connectivity index (χ1n) is 4.59. The molecule has 2 N–H and O–H groups in total. The fourth-order valence-corrected chi connectivity index (χ4v) is 1.45. The van der Waals surface area contributed by atoms with E-state index in [-0.39, 0.29) is 0 Å². The number of aromatic nitrogens is 2. The summed E-state index contributed by atoms with van der Waals surface area (Å²) in [6, 6.07) is 1.67. The Hall–Kier alpha value is -0.970. The van der Waals surface area contributed by atoms with E-state index in [9.17, 15) is 0 Å². The molecule has 0 atom stereocenters. The Kier molecular flexibility index (Phi) is 2.77. The highest BCUT2D eigenvalue weighted by Crippen LogP contribution is 2.29. The fraction of sp³-hybridized carbons (Fsp3) is 0.556. The van der Waals surface area contributed by atoms with Gasteiger partial charge in [-0.2, -0.15) is 4.98 Å². The van der Waals surface area contributed by atoms with E-state index in [2.05, 4.69) is 9.97 Å². The molecule has 76 valence electrons. The van der Waals surface area contributed by atoms with Crippen LogP contribution < -0.4 is 10.5 Å². The number of thioether (sulfide) groups is 1. The zero-order chi connectivity index (χ0) is 9.97. The van der Waals surface area contributed by atoms with Crippen molar-refractivity contribution in [2.24, 2.45) is 5.92 Å². The molecule has 0 aromatic carbocycles. The molecule has 1 saturated carbocycles. The maximum Gasteiger partial charge on any atom is 0.219 e. The van der Waals surface area contributed by atoms with E-state index in [0.29, 0.717) is 16.9 Å². The Balaban J connectivity index is 2.03. The number of nitrogens with zero attached hydrogens (tertiary/aromatic N) is 2. The van der Waals surface area contributed by atoms with E-state index in [1.807, 2.05) is 6.26 Å². The lowest BCUT2D eigenvalue weighted by molar-refractivity contribution is 0.286. The lowest BCUT2D eigenvalue weighted by atomic mass is 10.5. The Morgan fingerprint density at radius 2 is 2.36 bits per heavy atom. The maximum atomic E-state index is 5.61. The Morgan fingerprint density at radius 3 is 3.00 bits per heavy atom. The quantitative estimate of drug-likeness (QED) is 0.605. The first-order valence-corrected chi connectivity index (χ1v) is 5.82. The minimum atomic E-state index is 0.468. The van der Waals surface area contributed by atoms with E-state index in [4.69, 9.17) is 10.5 Å². The number of anilines is 1. The highest BCUT2D eigenvalue weighted by atomic mass is 32.2. The van der Waals surface area contributed by atoms with E-state index in [0.717, 1.165) is 12.5 Å². The molecule has 1 fully saturated rings. The van der Waals surface area contributed by atoms with Gasteiger partial charge in [-0.25, -0.2) is 4.98 Å². The Labute approximate surface area is 87.3 Å². The van der Waals surface area contributed by atoms with Gasteiger partial charge in [0, 0.05) is 6.07 Å². The molecule has 0 radical (unpaired) electrons. The summed E-state index contributed by atoms with van der Waals surface area (Å²) >= 11 is 1.46. The van der Waals surface area contributed by atoms with Crippen LogP contribution in [-0.4, -0.2) is 22.8 Å². The summed E-state index contributed by atoms with van der Waals surface area (Å²) < 4.78 is 5.51. The van der Waals surface area contributed by atoms with Crippen LogP contribution in [0.2, 0.25) is 0 Å². The normalized spacial score (nSPS) is 15.5. The minimum Gasteiger partial charge on any atom is -0.477 e. The van der Waals surface area contributed by atoms with Gasteiger partial charge in [0.2, 0.25) is 5.88 Å². The van der Waals surface area contributed by atoms with Gasteiger partial charge in [-0.3, -0.25) is 0 Å². The third-order valence-electron chi connectivity index (χ3n) is 2.05. The lowest BCUT2D eigenvalue weighted by Crippen LogP contribution is -2.03. The molecule has 0 aliphatic heterocycles. The predicted octanol–water partition coefficient (Wildman–Crippen LogP) is 1.57. The standard InChI is InChI=1S/C9H13N3OS/c1-14-9-11-7(10)4-8(12-9)13-5-6-2-3-6/h4,6H,2-3,5H2,1H3,(H2,10,11,12). The van der Waals surface area contributed by atoms with Gasteiger partial charge >= 0.3 is 0 Å². The number of rotatable bonds is 4. The van der Waals surface area contributed by atoms with Gasteiger partial charge in [0.15, 0.2) is 5.16 Å². The molecule has 1 aromatic rings. The fourth-order valence-electron chi connectivity index (χ4n) is 1.07. The maximum absolute atomic E-state index is 5.61. The summed E-state index contributed by atoms with van der Waals surface area (Å²) in [5.74, 6) is 1.79. The van der Waals surface area contributed by atoms with Gasteiger partial charge in [0.05, 0.1) is 6.61 Å². The monoisotopic (exact) mass is 211 g/mol. The Morgan fingerprint density at radius 1 is 1.57 bits per heavy atom. The molecule has 0 amide bonds. The largest absolute Gasteiger partial charge is 0.477 e. The lowest BCUT2D eigenvalue weighted by Gasteiger charge is -2.05. The Bertz CT molecular complexity index is 328. The number of ether oxygens (including phenoxy) is 1. The van der Waals surface area contributed by atoms with E-state index in [1.54, 1.807) is 6.07 Å². The van der Waals surface area contributed by atoms with Crippen LogP contribution in [0.1, 0.15) is 12.8 Å². The summed E-state index contributed by atoms with van der Waals surface area (Å²) in [6.07, 6.45) is 4.46. The average molecular weight is 211 g/mol. The number of hydrogen-bond donors (Lipinski definition) is 1. The van der Waals surface area contributed by atoms with Crippen molar-refractivity contribution in [3.05, 3.63) is 6.07 Å². The van der Waals surface area contributed by atoms with Crippen LogP contribution in [0.5, 0.6) is 5.88 Å². The molecule has 2 rings (SSSR count). The predicted molar refractivity (Wildman–Crippen MR) is 56.4 cm³/mol. The number of nitrogen functional groups attached to an aromatic ring is 1. The molecule has 0 saturated heterocycles. The molecule has 1 heterocycles.